The molecule has 1 saturated heterocycles. The largest absolute Gasteiger partial charge is 0.507 e. The van der Waals surface area contributed by atoms with Crippen LogP contribution >= 0.6 is 7.60 Å². The van der Waals surface area contributed by atoms with Crippen LogP contribution in [-0.2, 0) is 30.6 Å². The van der Waals surface area contributed by atoms with Gasteiger partial charge in [0.2, 0.25) is 0 Å². The van der Waals surface area contributed by atoms with E-state index in [9.17, 15) is 9.67 Å². The number of phenols is 1. The van der Waals surface area contributed by atoms with Crippen molar-refractivity contribution in [1.29, 1.82) is 0 Å². The van der Waals surface area contributed by atoms with Gasteiger partial charge in [0.05, 0.1) is 19.4 Å². The van der Waals surface area contributed by atoms with E-state index in [0.29, 0.717) is 19.0 Å². The average Bonchev–Trinajstić information content (AvgIpc) is 2.38. The molecule has 0 radical (unpaired) electrons. The number of hydrogen-bond acceptors (Lipinski definition) is 4. The number of phenolic OH excluding ortho intramolecular Hbond substituents is 1. The van der Waals surface area contributed by atoms with E-state index in [1.165, 1.54) is 0 Å². The van der Waals surface area contributed by atoms with Crippen molar-refractivity contribution >= 4 is 7.60 Å². The Morgan fingerprint density at radius 3 is 1.83 bits per heavy atom. The van der Waals surface area contributed by atoms with Crippen molar-refractivity contribution in [2.75, 3.05) is 13.2 Å². The number of benzene rings is 1. The normalized spacial score (nSPS) is 18.9. The zero-order chi connectivity index (χ0) is 17.5. The van der Waals surface area contributed by atoms with Gasteiger partial charge >= 0.3 is 7.60 Å². The maximum absolute atomic E-state index is 12.7. The van der Waals surface area contributed by atoms with Crippen molar-refractivity contribution in [3.05, 3.63) is 28.8 Å². The molecule has 0 unspecified atom stereocenters. The van der Waals surface area contributed by atoms with Gasteiger partial charge in [-0.15, -0.1) is 0 Å². The Morgan fingerprint density at radius 1 is 1.00 bits per heavy atom. The Morgan fingerprint density at radius 2 is 1.43 bits per heavy atom. The van der Waals surface area contributed by atoms with Crippen LogP contribution < -0.4 is 0 Å². The monoisotopic (exact) mass is 340 g/mol. The Bertz CT molecular complexity index is 578. The molecule has 0 aliphatic carbocycles. The molecule has 0 atom stereocenters. The van der Waals surface area contributed by atoms with Gasteiger partial charge in [0.15, 0.2) is 0 Å². The Kier molecular flexibility index (Phi) is 5.02. The van der Waals surface area contributed by atoms with E-state index in [1.807, 2.05) is 12.1 Å². The zero-order valence-corrected chi connectivity index (χ0v) is 16.0. The van der Waals surface area contributed by atoms with Crippen molar-refractivity contribution in [3.8, 4) is 5.75 Å². The molecular formula is C18H29O4P. The van der Waals surface area contributed by atoms with Gasteiger partial charge in [0.25, 0.3) is 0 Å². The summed E-state index contributed by atoms with van der Waals surface area (Å²) in [6.45, 7) is 13.3. The summed E-state index contributed by atoms with van der Waals surface area (Å²) in [6.07, 6.45) is 1.03. The van der Waals surface area contributed by atoms with Crippen LogP contribution in [-0.4, -0.2) is 18.3 Å². The second-order valence-corrected chi connectivity index (χ2v) is 10.4. The lowest BCUT2D eigenvalue weighted by atomic mass is 9.78. The topological polar surface area (TPSA) is 55.8 Å². The van der Waals surface area contributed by atoms with Crippen LogP contribution in [0.1, 0.15) is 64.7 Å². The molecule has 1 aliphatic rings. The summed E-state index contributed by atoms with van der Waals surface area (Å²) in [4.78, 5) is 0. The Labute approximate surface area is 139 Å². The third kappa shape index (κ3) is 4.37. The third-order valence-corrected chi connectivity index (χ3v) is 5.93. The van der Waals surface area contributed by atoms with Crippen molar-refractivity contribution in [3.63, 3.8) is 0 Å². The summed E-state index contributed by atoms with van der Waals surface area (Å²) in [7, 11) is -3.08. The number of rotatable bonds is 2. The van der Waals surface area contributed by atoms with E-state index in [2.05, 4.69) is 41.5 Å². The minimum absolute atomic E-state index is 0.205. The maximum atomic E-state index is 12.7. The Hall–Kier alpha value is -0.830. The van der Waals surface area contributed by atoms with Crippen LogP contribution in [0.15, 0.2) is 12.1 Å². The van der Waals surface area contributed by atoms with Crippen LogP contribution in [0.5, 0.6) is 5.75 Å². The Balaban J connectivity index is 2.49. The molecule has 0 amide bonds. The van der Waals surface area contributed by atoms with Gasteiger partial charge in [-0.3, -0.25) is 4.57 Å². The molecule has 1 heterocycles. The van der Waals surface area contributed by atoms with Crippen molar-refractivity contribution in [2.24, 2.45) is 0 Å². The van der Waals surface area contributed by atoms with Crippen LogP contribution in [0, 0.1) is 0 Å². The van der Waals surface area contributed by atoms with E-state index in [0.717, 1.165) is 23.1 Å². The van der Waals surface area contributed by atoms with Gasteiger partial charge in [0, 0.05) is 0 Å². The molecule has 1 fully saturated rings. The first-order valence-electron chi connectivity index (χ1n) is 8.17. The second kappa shape index (κ2) is 6.23. The van der Waals surface area contributed by atoms with Crippen LogP contribution in [0.2, 0.25) is 0 Å². The lowest BCUT2D eigenvalue weighted by Crippen LogP contribution is -2.18. The number of aromatic hydroxyl groups is 1. The molecule has 0 aromatic heterocycles. The summed E-state index contributed by atoms with van der Waals surface area (Å²) >= 11 is 0. The molecular weight excluding hydrogens is 311 g/mol. The lowest BCUT2D eigenvalue weighted by Gasteiger charge is -2.29. The molecule has 0 saturated carbocycles. The van der Waals surface area contributed by atoms with E-state index >= 15 is 0 Å². The molecule has 1 aromatic carbocycles. The average molecular weight is 340 g/mol. The summed E-state index contributed by atoms with van der Waals surface area (Å²) in [6, 6.07) is 3.87. The van der Waals surface area contributed by atoms with Gasteiger partial charge in [-0.05, 0) is 33.9 Å². The van der Waals surface area contributed by atoms with Gasteiger partial charge < -0.3 is 14.2 Å². The van der Waals surface area contributed by atoms with Crippen LogP contribution in [0.4, 0.5) is 0 Å². The summed E-state index contributed by atoms with van der Waals surface area (Å²) in [5.74, 6) is 0.331. The second-order valence-electron chi connectivity index (χ2n) is 8.33. The molecule has 5 heteroatoms. The lowest BCUT2D eigenvalue weighted by molar-refractivity contribution is 0.145. The van der Waals surface area contributed by atoms with E-state index in [1.54, 1.807) is 0 Å². The fraction of sp³-hybridized carbons (Fsp3) is 0.667. The van der Waals surface area contributed by atoms with Gasteiger partial charge in [-0.2, -0.15) is 0 Å². The van der Waals surface area contributed by atoms with Crippen molar-refractivity contribution in [1.82, 2.24) is 0 Å². The van der Waals surface area contributed by atoms with E-state index in [4.69, 9.17) is 9.05 Å². The highest BCUT2D eigenvalue weighted by Gasteiger charge is 2.31. The molecule has 23 heavy (non-hydrogen) atoms. The molecule has 0 spiro atoms. The van der Waals surface area contributed by atoms with E-state index < -0.39 is 7.60 Å². The first kappa shape index (κ1) is 18.5. The predicted molar refractivity (Wildman–Crippen MR) is 93.3 cm³/mol. The molecule has 1 aliphatic heterocycles. The SMILES string of the molecule is CC(C)(C)c1cc(CP2(=O)OCCCO2)cc(C(C)(C)C)c1O. The summed E-state index contributed by atoms with van der Waals surface area (Å²) in [5, 5.41) is 10.7. The standard InChI is InChI=1S/C18H29O4P/c1-17(2,3)14-10-13(11-15(16(14)19)18(4,5)6)12-23(20)21-8-7-9-22-23/h10-11,19H,7-9,12H2,1-6H3. The smallest absolute Gasteiger partial charge is 0.335 e. The highest BCUT2D eigenvalue weighted by molar-refractivity contribution is 7.53. The van der Waals surface area contributed by atoms with Gasteiger partial charge in [0.1, 0.15) is 5.75 Å². The fourth-order valence-corrected chi connectivity index (χ4v) is 4.45. The third-order valence-electron chi connectivity index (χ3n) is 4.03. The first-order valence-corrected chi connectivity index (χ1v) is 9.90. The molecule has 4 nitrogen and oxygen atoms in total. The zero-order valence-electron chi connectivity index (χ0n) is 15.1. The highest BCUT2D eigenvalue weighted by atomic mass is 31.2. The van der Waals surface area contributed by atoms with Crippen LogP contribution in [0.25, 0.3) is 0 Å². The molecule has 130 valence electrons. The fourth-order valence-electron chi connectivity index (χ4n) is 2.75. The highest BCUT2D eigenvalue weighted by Crippen LogP contribution is 2.54. The van der Waals surface area contributed by atoms with Crippen molar-refractivity contribution < 1.29 is 18.7 Å². The molecule has 1 aromatic rings. The molecule has 1 N–H and O–H groups in total. The maximum Gasteiger partial charge on any atom is 0.335 e. The number of hydrogen-bond donors (Lipinski definition) is 1. The van der Waals surface area contributed by atoms with Crippen LogP contribution in [0.3, 0.4) is 0 Å². The molecule has 0 bridgehead atoms. The quantitative estimate of drug-likeness (QED) is 0.760. The molecule has 2 rings (SSSR count). The van der Waals surface area contributed by atoms with Gasteiger partial charge in [-0.1, -0.05) is 53.7 Å². The predicted octanol–water partition coefficient (Wildman–Crippen LogP) is 5.12. The van der Waals surface area contributed by atoms with Crippen molar-refractivity contribution in [2.45, 2.75) is 65.0 Å². The van der Waals surface area contributed by atoms with Gasteiger partial charge in [-0.25, -0.2) is 0 Å². The van der Waals surface area contributed by atoms with E-state index in [-0.39, 0.29) is 17.0 Å². The summed E-state index contributed by atoms with van der Waals surface area (Å²) < 4.78 is 23.5. The summed E-state index contributed by atoms with van der Waals surface area (Å²) in [5.41, 5.74) is 2.21. The first-order chi connectivity index (χ1) is 10.4. The minimum Gasteiger partial charge on any atom is -0.507 e. The minimum atomic E-state index is -3.08.